The first-order valence-corrected chi connectivity index (χ1v) is 5.12. The minimum absolute atomic E-state index is 0. The second-order valence-corrected chi connectivity index (χ2v) is 3.42. The maximum absolute atomic E-state index is 13.6. The van der Waals surface area contributed by atoms with Crippen molar-refractivity contribution in [2.75, 3.05) is 6.61 Å². The lowest BCUT2D eigenvalue weighted by Gasteiger charge is -2.16. The van der Waals surface area contributed by atoms with Gasteiger partial charge < -0.3 is 10.5 Å². The van der Waals surface area contributed by atoms with Crippen LogP contribution in [-0.4, -0.2) is 23.7 Å². The van der Waals surface area contributed by atoms with Gasteiger partial charge in [-0.3, -0.25) is 0 Å². The highest BCUT2D eigenvalue weighted by Crippen LogP contribution is 2.23. The van der Waals surface area contributed by atoms with Crippen molar-refractivity contribution >= 4 is 30.0 Å². The van der Waals surface area contributed by atoms with E-state index in [2.05, 4.69) is 9.72 Å². The molecule has 2 N–H and O–H groups in total. The second kappa shape index (κ2) is 7.42. The average Bonchev–Trinajstić information content (AvgIpc) is 2.28. The van der Waals surface area contributed by atoms with E-state index in [0.717, 1.165) is 0 Å². The van der Waals surface area contributed by atoms with E-state index in [9.17, 15) is 9.18 Å². The second-order valence-electron chi connectivity index (χ2n) is 3.06. The van der Waals surface area contributed by atoms with Crippen molar-refractivity contribution < 1.29 is 13.9 Å². The van der Waals surface area contributed by atoms with Crippen LogP contribution in [-0.2, 0) is 9.53 Å². The van der Waals surface area contributed by atoms with Crippen molar-refractivity contribution in [3.63, 3.8) is 0 Å². The largest absolute Gasteiger partial charge is 0.464 e. The highest BCUT2D eigenvalue weighted by atomic mass is 35.5. The molecule has 2 atom stereocenters. The van der Waals surface area contributed by atoms with Gasteiger partial charge in [-0.1, -0.05) is 17.7 Å². The minimum Gasteiger partial charge on any atom is -0.464 e. The number of rotatable bonds is 4. The van der Waals surface area contributed by atoms with Crippen molar-refractivity contribution in [2.24, 2.45) is 5.73 Å². The monoisotopic (exact) mass is 282 g/mol. The number of nitrogens with zero attached hydrogens (tertiary/aromatic N) is 1. The zero-order valence-electron chi connectivity index (χ0n) is 9.10. The fourth-order valence-electron chi connectivity index (χ4n) is 1.17. The molecular weight excluding hydrogens is 270 g/mol. The van der Waals surface area contributed by atoms with Crippen LogP contribution in [0.2, 0.25) is 5.15 Å². The van der Waals surface area contributed by atoms with Gasteiger partial charge in [-0.25, -0.2) is 14.2 Å². The molecule has 1 unspecified atom stereocenters. The molecule has 0 fully saturated rings. The normalized spacial score (nSPS) is 13.4. The van der Waals surface area contributed by atoms with E-state index in [1.165, 1.54) is 12.3 Å². The molecule has 1 rings (SSSR count). The van der Waals surface area contributed by atoms with Crippen LogP contribution < -0.4 is 5.73 Å². The Morgan fingerprint density at radius 3 is 2.88 bits per heavy atom. The molecule has 96 valence electrons. The van der Waals surface area contributed by atoms with E-state index in [1.807, 2.05) is 0 Å². The summed E-state index contributed by atoms with van der Waals surface area (Å²) in [5.74, 6) is -0.991. The van der Waals surface area contributed by atoms with Crippen LogP contribution in [0, 0.1) is 0 Å². The quantitative estimate of drug-likeness (QED) is 0.678. The number of halogens is 3. The van der Waals surface area contributed by atoms with Crippen molar-refractivity contribution in [1.29, 1.82) is 0 Å². The Morgan fingerprint density at radius 2 is 2.35 bits per heavy atom. The third-order valence-corrected chi connectivity index (χ3v) is 2.29. The maximum Gasteiger partial charge on any atom is 0.342 e. The molecule has 0 aliphatic heterocycles. The third-order valence-electron chi connectivity index (χ3n) is 1.97. The van der Waals surface area contributed by atoms with Gasteiger partial charge in [0, 0.05) is 11.8 Å². The van der Waals surface area contributed by atoms with Crippen molar-refractivity contribution in [2.45, 2.75) is 19.1 Å². The van der Waals surface area contributed by atoms with Crippen LogP contribution in [0.4, 0.5) is 4.39 Å². The Kier molecular flexibility index (Phi) is 7.03. The first-order chi connectivity index (χ1) is 7.57. The number of alkyl halides is 1. The Balaban J connectivity index is 0.00000256. The van der Waals surface area contributed by atoms with Gasteiger partial charge in [0.2, 0.25) is 6.17 Å². The highest BCUT2D eigenvalue weighted by molar-refractivity contribution is 6.30. The van der Waals surface area contributed by atoms with Crippen molar-refractivity contribution in [3.8, 4) is 0 Å². The fraction of sp³-hybridized carbons (Fsp3) is 0.400. The molecule has 1 heterocycles. The molecule has 0 aliphatic carbocycles. The van der Waals surface area contributed by atoms with Gasteiger partial charge >= 0.3 is 5.97 Å². The molecule has 4 nitrogen and oxygen atoms in total. The average molecular weight is 283 g/mol. The molecule has 17 heavy (non-hydrogen) atoms. The van der Waals surface area contributed by atoms with Crippen LogP contribution in [0.1, 0.15) is 18.5 Å². The molecule has 0 amide bonds. The molecule has 0 spiro atoms. The standard InChI is InChI=1S/C10H12ClFN2O2.ClH/c1-2-16-10(15)7(12)8(13)6-4-3-5-14-9(6)11;/h3-5,7-8H,2,13H2,1H3;1H/t7?,8-;/m0./s1. The lowest BCUT2D eigenvalue weighted by Crippen LogP contribution is -2.31. The SMILES string of the molecule is CCOC(=O)C(F)[C@@H](N)c1cccnc1Cl.Cl. The molecule has 1 aromatic rings. The van der Waals surface area contributed by atoms with Gasteiger partial charge in [-0.15, -0.1) is 12.4 Å². The number of esters is 1. The first-order valence-electron chi connectivity index (χ1n) is 4.74. The first kappa shape index (κ1) is 16.1. The van der Waals surface area contributed by atoms with Gasteiger partial charge in [-0.2, -0.15) is 0 Å². The van der Waals surface area contributed by atoms with Crippen LogP contribution >= 0.6 is 24.0 Å². The topological polar surface area (TPSA) is 65.2 Å². The van der Waals surface area contributed by atoms with Crippen molar-refractivity contribution in [1.82, 2.24) is 4.98 Å². The summed E-state index contributed by atoms with van der Waals surface area (Å²) in [6, 6.07) is 1.92. The number of nitrogens with two attached hydrogens (primary N) is 1. The summed E-state index contributed by atoms with van der Waals surface area (Å²) in [4.78, 5) is 14.9. The number of hydrogen-bond acceptors (Lipinski definition) is 4. The predicted molar refractivity (Wildman–Crippen MR) is 65.0 cm³/mol. The summed E-state index contributed by atoms with van der Waals surface area (Å²) in [6.07, 6.45) is -0.488. The smallest absolute Gasteiger partial charge is 0.342 e. The summed E-state index contributed by atoms with van der Waals surface area (Å²) in [5, 5.41) is 0.0851. The third kappa shape index (κ3) is 4.11. The van der Waals surface area contributed by atoms with E-state index < -0.39 is 18.2 Å². The lowest BCUT2D eigenvalue weighted by molar-refractivity contribution is -0.149. The number of pyridine rings is 1. The van der Waals surface area contributed by atoms with Gasteiger partial charge in [-0.05, 0) is 13.0 Å². The van der Waals surface area contributed by atoms with E-state index in [4.69, 9.17) is 17.3 Å². The van der Waals surface area contributed by atoms with E-state index in [0.29, 0.717) is 0 Å². The zero-order chi connectivity index (χ0) is 12.1. The summed E-state index contributed by atoms with van der Waals surface area (Å²) >= 11 is 5.74. The molecule has 0 bridgehead atoms. The molecular formula is C10H13Cl2FN2O2. The van der Waals surface area contributed by atoms with Gasteiger partial charge in [0.25, 0.3) is 0 Å². The maximum atomic E-state index is 13.6. The molecule has 0 saturated heterocycles. The molecule has 0 radical (unpaired) electrons. The van der Waals surface area contributed by atoms with Gasteiger partial charge in [0.15, 0.2) is 0 Å². The number of carbonyl (C=O) groups is 1. The Hall–Kier alpha value is -0.910. The molecule has 0 aromatic carbocycles. The van der Waals surface area contributed by atoms with Crippen LogP contribution in [0.3, 0.4) is 0 Å². The van der Waals surface area contributed by atoms with Gasteiger partial charge in [0.05, 0.1) is 12.6 Å². The number of aromatic nitrogens is 1. The summed E-state index contributed by atoms with van der Waals surface area (Å²) in [6.45, 7) is 1.69. The fourth-order valence-corrected chi connectivity index (χ4v) is 1.42. The molecule has 1 aromatic heterocycles. The van der Waals surface area contributed by atoms with Crippen LogP contribution in [0.15, 0.2) is 18.3 Å². The number of ether oxygens (including phenoxy) is 1. The molecule has 0 saturated carbocycles. The minimum atomic E-state index is -1.94. The number of hydrogen-bond donors (Lipinski definition) is 1. The van der Waals surface area contributed by atoms with Crippen molar-refractivity contribution in [3.05, 3.63) is 29.0 Å². The van der Waals surface area contributed by atoms with E-state index in [1.54, 1.807) is 13.0 Å². The number of carbonyl (C=O) groups excluding carboxylic acids is 1. The van der Waals surface area contributed by atoms with Crippen LogP contribution in [0.5, 0.6) is 0 Å². The Labute approximate surface area is 110 Å². The van der Waals surface area contributed by atoms with E-state index >= 15 is 0 Å². The Bertz CT molecular complexity index is 379. The molecule has 0 aliphatic rings. The Morgan fingerprint density at radius 1 is 1.71 bits per heavy atom. The predicted octanol–water partition coefficient (Wildman–Crippen LogP) is 2.06. The summed E-state index contributed by atoms with van der Waals surface area (Å²) < 4.78 is 18.1. The van der Waals surface area contributed by atoms with Gasteiger partial charge in [0.1, 0.15) is 5.15 Å². The van der Waals surface area contributed by atoms with Crippen LogP contribution in [0.25, 0.3) is 0 Å². The molecule has 7 heteroatoms. The summed E-state index contributed by atoms with van der Waals surface area (Å²) in [7, 11) is 0. The lowest BCUT2D eigenvalue weighted by atomic mass is 10.1. The zero-order valence-corrected chi connectivity index (χ0v) is 10.7. The van der Waals surface area contributed by atoms with E-state index in [-0.39, 0.29) is 29.7 Å². The summed E-state index contributed by atoms with van der Waals surface area (Å²) in [5.41, 5.74) is 5.85. The highest BCUT2D eigenvalue weighted by Gasteiger charge is 2.29.